The first-order valence-electron chi connectivity index (χ1n) is 5.25. The summed E-state index contributed by atoms with van der Waals surface area (Å²) in [5.74, 6) is 0. The Hall–Kier alpha value is -0.936. The molecule has 2 radical (unpaired) electrons. The summed E-state index contributed by atoms with van der Waals surface area (Å²) in [6, 6.07) is 0. The van der Waals surface area contributed by atoms with Gasteiger partial charge in [-0.1, -0.05) is 37.4 Å². The van der Waals surface area contributed by atoms with Gasteiger partial charge >= 0.3 is 0 Å². The van der Waals surface area contributed by atoms with Gasteiger partial charge in [0.15, 0.2) is 0 Å². The van der Waals surface area contributed by atoms with Crippen LogP contribution in [0.25, 0.3) is 0 Å². The topological polar surface area (TPSA) is 17.1 Å². The fourth-order valence-corrected chi connectivity index (χ4v) is 7.02. The van der Waals surface area contributed by atoms with Crippen LogP contribution in [-0.2, 0) is 0 Å². The van der Waals surface area contributed by atoms with Crippen molar-refractivity contribution >= 4 is 22.6 Å². The molecule has 0 bridgehead atoms. The second-order valence-corrected chi connectivity index (χ2v) is 9.16. The van der Waals surface area contributed by atoms with Gasteiger partial charge in [0.05, 0.1) is 5.03 Å². The molecular weight excluding hydrogens is 228 g/mol. The van der Waals surface area contributed by atoms with Crippen molar-refractivity contribution in [1.29, 1.82) is 0 Å². The molecule has 0 aromatic heterocycles. The number of hydrogen-bond donors (Lipinski definition) is 0. The van der Waals surface area contributed by atoms with Gasteiger partial charge in [-0.15, -0.1) is 26.3 Å². The molecule has 0 atom stereocenters. The molecule has 0 unspecified atom stereocenters. The molecule has 0 heterocycles. The standard InChI is InChI=1S/C13H20OSi2/c1-7-11(8-2)15(5)13(14)16(6)12(9-3)10-4/h7-12H,1-4H2,5-6H3. The van der Waals surface area contributed by atoms with Crippen LogP contribution >= 0.6 is 0 Å². The van der Waals surface area contributed by atoms with E-state index in [1.54, 1.807) is 0 Å². The Morgan fingerprint density at radius 1 is 0.875 bits per heavy atom. The van der Waals surface area contributed by atoms with Crippen molar-refractivity contribution in [2.75, 3.05) is 0 Å². The van der Waals surface area contributed by atoms with Gasteiger partial charge in [-0.25, -0.2) is 0 Å². The third-order valence-corrected chi connectivity index (χ3v) is 9.47. The van der Waals surface area contributed by atoms with E-state index in [0.717, 1.165) is 0 Å². The summed E-state index contributed by atoms with van der Waals surface area (Å²) in [4.78, 5) is 12.3. The average Bonchev–Trinajstić information content (AvgIpc) is 2.30. The quantitative estimate of drug-likeness (QED) is 0.469. The summed E-state index contributed by atoms with van der Waals surface area (Å²) in [6.07, 6.45) is 7.30. The molecule has 1 nitrogen and oxygen atoms in total. The van der Waals surface area contributed by atoms with E-state index < -0.39 is 17.6 Å². The van der Waals surface area contributed by atoms with Crippen molar-refractivity contribution < 1.29 is 4.79 Å². The molecule has 0 aromatic rings. The number of allylic oxidation sites excluding steroid dienone is 4. The van der Waals surface area contributed by atoms with E-state index in [0.29, 0.717) is 5.03 Å². The molecule has 0 aliphatic heterocycles. The predicted molar refractivity (Wildman–Crippen MR) is 76.9 cm³/mol. The first-order chi connectivity index (χ1) is 7.53. The normalized spacial score (nSPS) is 10.9. The first-order valence-corrected chi connectivity index (χ1v) is 9.40. The smallest absolute Gasteiger partial charge is 0.135 e. The largest absolute Gasteiger partial charge is 0.311 e. The van der Waals surface area contributed by atoms with Gasteiger partial charge in [0.1, 0.15) is 17.6 Å². The third-order valence-electron chi connectivity index (χ3n) is 2.73. The number of rotatable bonds is 8. The van der Waals surface area contributed by atoms with Crippen LogP contribution in [0.2, 0.25) is 24.2 Å². The molecule has 0 rings (SSSR count). The summed E-state index contributed by atoms with van der Waals surface area (Å²) in [5.41, 5.74) is 0.320. The van der Waals surface area contributed by atoms with Crippen LogP contribution in [0.15, 0.2) is 50.6 Å². The third kappa shape index (κ3) is 3.57. The highest BCUT2D eigenvalue weighted by Gasteiger charge is 2.30. The molecule has 0 saturated carbocycles. The van der Waals surface area contributed by atoms with Crippen molar-refractivity contribution in [3.63, 3.8) is 0 Å². The second-order valence-electron chi connectivity index (χ2n) is 3.69. The maximum atomic E-state index is 12.3. The van der Waals surface area contributed by atoms with Crippen molar-refractivity contribution in [2.45, 2.75) is 24.2 Å². The van der Waals surface area contributed by atoms with Gasteiger partial charge in [-0.05, 0) is 11.1 Å². The van der Waals surface area contributed by atoms with E-state index in [1.807, 2.05) is 37.4 Å². The minimum absolute atomic E-state index is 0.160. The van der Waals surface area contributed by atoms with Gasteiger partial charge in [0, 0.05) is 0 Å². The van der Waals surface area contributed by atoms with Crippen molar-refractivity contribution in [2.24, 2.45) is 0 Å². The second kappa shape index (κ2) is 7.36. The molecule has 0 saturated heterocycles. The molecule has 0 fully saturated rings. The van der Waals surface area contributed by atoms with Crippen molar-refractivity contribution in [1.82, 2.24) is 0 Å². The van der Waals surface area contributed by atoms with E-state index in [1.165, 1.54) is 0 Å². The fraction of sp³-hybridized carbons (Fsp3) is 0.308. The zero-order chi connectivity index (χ0) is 12.7. The molecule has 3 heteroatoms. The van der Waals surface area contributed by atoms with Gasteiger partial charge in [-0.2, -0.15) is 0 Å². The number of carbonyl (C=O) groups excluding carboxylic acids is 1. The molecule has 86 valence electrons. The van der Waals surface area contributed by atoms with Crippen LogP contribution in [-0.4, -0.2) is 22.6 Å². The van der Waals surface area contributed by atoms with Crippen LogP contribution in [0, 0.1) is 0 Å². The summed E-state index contributed by atoms with van der Waals surface area (Å²) >= 11 is 0. The average molecular weight is 248 g/mol. The van der Waals surface area contributed by atoms with Crippen LogP contribution in [0.4, 0.5) is 4.79 Å². The van der Waals surface area contributed by atoms with Crippen molar-refractivity contribution in [3.8, 4) is 0 Å². The molecular formula is C13H20OSi2. The Balaban J connectivity index is 4.77. The highest BCUT2D eigenvalue weighted by molar-refractivity contribution is 7.19. The van der Waals surface area contributed by atoms with Crippen LogP contribution in [0.3, 0.4) is 0 Å². The fourth-order valence-electron chi connectivity index (χ4n) is 1.51. The zero-order valence-electron chi connectivity index (χ0n) is 10.2. The predicted octanol–water partition coefficient (Wildman–Crippen LogP) is 4.00. The monoisotopic (exact) mass is 248 g/mol. The maximum absolute atomic E-state index is 12.3. The minimum Gasteiger partial charge on any atom is -0.311 e. The van der Waals surface area contributed by atoms with Gasteiger partial charge < -0.3 is 4.79 Å². The molecule has 0 spiro atoms. The molecule has 0 aromatic carbocycles. The van der Waals surface area contributed by atoms with Gasteiger partial charge in [-0.3, -0.25) is 0 Å². The Bertz CT molecular complexity index is 252. The molecule has 0 aliphatic rings. The summed E-state index contributed by atoms with van der Waals surface area (Å²) in [6.45, 7) is 19.1. The molecule has 0 N–H and O–H groups in total. The number of hydrogen-bond acceptors (Lipinski definition) is 1. The maximum Gasteiger partial charge on any atom is 0.135 e. The Morgan fingerprint density at radius 3 is 1.31 bits per heavy atom. The summed E-state index contributed by atoms with van der Waals surface area (Å²) < 4.78 is 0. The van der Waals surface area contributed by atoms with E-state index in [9.17, 15) is 4.79 Å². The molecule has 0 aliphatic carbocycles. The van der Waals surface area contributed by atoms with Gasteiger partial charge in [0.25, 0.3) is 0 Å². The van der Waals surface area contributed by atoms with Crippen LogP contribution in [0.1, 0.15) is 0 Å². The van der Waals surface area contributed by atoms with Crippen molar-refractivity contribution in [3.05, 3.63) is 50.6 Å². The van der Waals surface area contributed by atoms with E-state index in [4.69, 9.17) is 0 Å². The van der Waals surface area contributed by atoms with Gasteiger partial charge in [0.2, 0.25) is 0 Å². The highest BCUT2D eigenvalue weighted by Crippen LogP contribution is 2.20. The highest BCUT2D eigenvalue weighted by atomic mass is 28.3. The van der Waals surface area contributed by atoms with E-state index in [-0.39, 0.29) is 11.1 Å². The SMILES string of the molecule is C=CC(C=C)[Si](C)C(=O)[Si](C)C(C=C)C=C. The lowest BCUT2D eigenvalue weighted by molar-refractivity contribution is 0.273. The Kier molecular flexibility index (Phi) is 6.93. The number of carbonyl (C=O) groups is 1. The van der Waals surface area contributed by atoms with Crippen LogP contribution < -0.4 is 0 Å². The molecule has 0 amide bonds. The Labute approximate surface area is 102 Å². The first kappa shape index (κ1) is 15.1. The molecule has 16 heavy (non-hydrogen) atoms. The van der Waals surface area contributed by atoms with E-state index >= 15 is 0 Å². The van der Waals surface area contributed by atoms with E-state index in [2.05, 4.69) is 26.3 Å². The lowest BCUT2D eigenvalue weighted by Crippen LogP contribution is -2.38. The zero-order valence-corrected chi connectivity index (χ0v) is 12.2. The minimum atomic E-state index is -1.10. The lowest BCUT2D eigenvalue weighted by Gasteiger charge is -2.20. The summed E-state index contributed by atoms with van der Waals surface area (Å²) in [7, 11) is -2.19. The summed E-state index contributed by atoms with van der Waals surface area (Å²) in [5, 5.41) is 0.407. The Morgan fingerprint density at radius 2 is 1.12 bits per heavy atom. The van der Waals surface area contributed by atoms with Crippen LogP contribution in [0.5, 0.6) is 0 Å². The lowest BCUT2D eigenvalue weighted by atomic mass is 10.4.